The molecule has 0 radical (unpaired) electrons. The second kappa shape index (κ2) is 5.30. The maximum atomic E-state index is 12.8. The van der Waals surface area contributed by atoms with Gasteiger partial charge in [-0.25, -0.2) is 0 Å². The summed E-state index contributed by atoms with van der Waals surface area (Å²) < 4.78 is 1.71. The minimum absolute atomic E-state index is 0.162. The molecule has 1 fully saturated rings. The van der Waals surface area contributed by atoms with Gasteiger partial charge in [0.05, 0.1) is 6.20 Å². The fraction of sp³-hybridized carbons (Fsp3) is 0.294. The van der Waals surface area contributed by atoms with Crippen molar-refractivity contribution in [1.29, 1.82) is 0 Å². The highest BCUT2D eigenvalue weighted by Crippen LogP contribution is 2.34. The van der Waals surface area contributed by atoms with E-state index < -0.39 is 11.9 Å². The summed E-state index contributed by atoms with van der Waals surface area (Å²) in [5.74, 6) is -0.836. The highest BCUT2D eigenvalue weighted by Gasteiger charge is 2.39. The lowest BCUT2D eigenvalue weighted by Crippen LogP contribution is -2.52. The van der Waals surface area contributed by atoms with E-state index in [1.54, 1.807) is 21.8 Å². The first-order valence-corrected chi connectivity index (χ1v) is 7.80. The van der Waals surface area contributed by atoms with Crippen molar-refractivity contribution in [3.05, 3.63) is 41.7 Å². The van der Waals surface area contributed by atoms with Crippen LogP contribution in [-0.4, -0.2) is 38.4 Å². The van der Waals surface area contributed by atoms with E-state index in [0.717, 1.165) is 16.7 Å². The molecule has 1 N–H and O–H groups in total. The van der Waals surface area contributed by atoms with Gasteiger partial charge < -0.3 is 4.90 Å². The molecule has 2 aromatic rings. The van der Waals surface area contributed by atoms with Gasteiger partial charge in [-0.15, -0.1) is 0 Å². The van der Waals surface area contributed by atoms with Crippen molar-refractivity contribution in [3.63, 3.8) is 0 Å². The van der Waals surface area contributed by atoms with Crippen LogP contribution in [-0.2, 0) is 23.2 Å². The topological polar surface area (TPSA) is 84.3 Å². The number of hydrogen-bond acceptors (Lipinski definition) is 4. The number of benzene rings is 1. The number of aryl methyl sites for hydroxylation is 1. The molecule has 4 rings (SSSR count). The van der Waals surface area contributed by atoms with Crippen LogP contribution in [0.5, 0.6) is 0 Å². The molecule has 7 heteroatoms. The molecular weight excluding hydrogens is 308 g/mol. The SMILES string of the molecule is Cn1cc(-c2cccc3c2CN(C2CCC(=O)NC2=O)C3=O)cn1. The lowest BCUT2D eigenvalue weighted by Gasteiger charge is -2.29. The number of nitrogens with zero attached hydrogens (tertiary/aromatic N) is 3. The van der Waals surface area contributed by atoms with E-state index in [2.05, 4.69) is 10.4 Å². The predicted octanol–water partition coefficient (Wildman–Crippen LogP) is 0.848. The first-order valence-electron chi connectivity index (χ1n) is 7.80. The maximum Gasteiger partial charge on any atom is 0.255 e. The number of carbonyl (C=O) groups is 3. The maximum absolute atomic E-state index is 12.8. The third-order valence-electron chi connectivity index (χ3n) is 4.60. The van der Waals surface area contributed by atoms with E-state index in [0.29, 0.717) is 18.5 Å². The van der Waals surface area contributed by atoms with Crippen molar-refractivity contribution in [2.45, 2.75) is 25.4 Å². The standard InChI is InChI=1S/C17H16N4O3/c1-20-8-10(7-18-20)11-3-2-4-12-13(11)9-21(17(12)24)14-5-6-15(22)19-16(14)23/h2-4,7-8,14H,5-6,9H2,1H3,(H,19,22,23). The molecule has 0 bridgehead atoms. The molecule has 122 valence electrons. The molecule has 7 nitrogen and oxygen atoms in total. The van der Waals surface area contributed by atoms with Crippen LogP contribution in [0.1, 0.15) is 28.8 Å². The molecule has 3 amide bonds. The Hall–Kier alpha value is -2.96. The van der Waals surface area contributed by atoms with Gasteiger partial charge in [-0.1, -0.05) is 12.1 Å². The first kappa shape index (κ1) is 14.6. The fourth-order valence-corrected chi connectivity index (χ4v) is 3.42. The van der Waals surface area contributed by atoms with Crippen LogP contribution in [0.3, 0.4) is 0 Å². The van der Waals surface area contributed by atoms with Crippen LogP contribution < -0.4 is 5.32 Å². The van der Waals surface area contributed by atoms with Crippen LogP contribution in [0.4, 0.5) is 0 Å². The van der Waals surface area contributed by atoms with E-state index >= 15 is 0 Å². The Morgan fingerprint density at radius 3 is 2.71 bits per heavy atom. The second-order valence-electron chi connectivity index (χ2n) is 6.13. The molecular formula is C17H16N4O3. The van der Waals surface area contributed by atoms with Gasteiger partial charge in [0.1, 0.15) is 6.04 Å². The Kier molecular flexibility index (Phi) is 3.23. The molecule has 3 heterocycles. The molecule has 1 aromatic carbocycles. The highest BCUT2D eigenvalue weighted by molar-refractivity contribution is 6.06. The number of aromatic nitrogens is 2. The lowest BCUT2D eigenvalue weighted by molar-refractivity contribution is -0.136. The Morgan fingerprint density at radius 1 is 1.21 bits per heavy atom. The summed E-state index contributed by atoms with van der Waals surface area (Å²) in [7, 11) is 1.84. The van der Waals surface area contributed by atoms with Crippen molar-refractivity contribution < 1.29 is 14.4 Å². The average Bonchev–Trinajstić information content (AvgIpc) is 3.12. The van der Waals surface area contributed by atoms with Gasteiger partial charge in [-0.3, -0.25) is 24.4 Å². The van der Waals surface area contributed by atoms with E-state index in [4.69, 9.17) is 0 Å². The van der Waals surface area contributed by atoms with Gasteiger partial charge in [0.25, 0.3) is 5.91 Å². The summed E-state index contributed by atoms with van der Waals surface area (Å²) in [6, 6.07) is 4.98. The zero-order chi connectivity index (χ0) is 16.8. The van der Waals surface area contributed by atoms with Crippen LogP contribution in [0.15, 0.2) is 30.6 Å². The van der Waals surface area contributed by atoms with Crippen LogP contribution in [0.2, 0.25) is 0 Å². The third-order valence-corrected chi connectivity index (χ3v) is 4.60. The average molecular weight is 324 g/mol. The molecule has 1 atom stereocenters. The minimum Gasteiger partial charge on any atom is -0.322 e. The van der Waals surface area contributed by atoms with Gasteiger partial charge >= 0.3 is 0 Å². The Balaban J connectivity index is 1.70. The number of nitrogens with one attached hydrogen (secondary N) is 1. The van der Waals surface area contributed by atoms with Crippen molar-refractivity contribution in [3.8, 4) is 11.1 Å². The van der Waals surface area contributed by atoms with E-state index in [-0.39, 0.29) is 18.2 Å². The van der Waals surface area contributed by atoms with Crippen molar-refractivity contribution in [2.75, 3.05) is 0 Å². The largest absolute Gasteiger partial charge is 0.322 e. The number of imide groups is 1. The molecule has 24 heavy (non-hydrogen) atoms. The van der Waals surface area contributed by atoms with Crippen LogP contribution in [0.25, 0.3) is 11.1 Å². The predicted molar refractivity (Wildman–Crippen MR) is 84.7 cm³/mol. The Bertz CT molecular complexity index is 870. The number of fused-ring (bicyclic) bond motifs is 1. The molecule has 0 saturated carbocycles. The highest BCUT2D eigenvalue weighted by atomic mass is 16.2. The number of hydrogen-bond donors (Lipinski definition) is 1. The van der Waals surface area contributed by atoms with Crippen molar-refractivity contribution in [2.24, 2.45) is 7.05 Å². The van der Waals surface area contributed by atoms with Gasteiger partial charge in [0.2, 0.25) is 11.8 Å². The minimum atomic E-state index is -0.593. The zero-order valence-electron chi connectivity index (χ0n) is 13.2. The third kappa shape index (κ3) is 2.20. The smallest absolute Gasteiger partial charge is 0.255 e. The van der Waals surface area contributed by atoms with E-state index in [9.17, 15) is 14.4 Å². The Labute approximate surface area is 138 Å². The summed E-state index contributed by atoms with van der Waals surface area (Å²) in [6.07, 6.45) is 4.28. The molecule has 1 unspecified atom stereocenters. The van der Waals surface area contributed by atoms with Crippen LogP contribution in [0, 0.1) is 0 Å². The van der Waals surface area contributed by atoms with E-state index in [1.165, 1.54) is 0 Å². The first-order chi connectivity index (χ1) is 11.5. The quantitative estimate of drug-likeness (QED) is 0.830. The monoisotopic (exact) mass is 324 g/mol. The van der Waals surface area contributed by atoms with E-state index in [1.807, 2.05) is 25.4 Å². The molecule has 2 aliphatic heterocycles. The molecule has 0 spiro atoms. The second-order valence-corrected chi connectivity index (χ2v) is 6.13. The lowest BCUT2D eigenvalue weighted by atomic mass is 9.99. The Morgan fingerprint density at radius 2 is 2.00 bits per heavy atom. The molecule has 1 aromatic heterocycles. The summed E-state index contributed by atoms with van der Waals surface area (Å²) in [6.45, 7) is 0.367. The van der Waals surface area contributed by atoms with Gasteiger partial charge in [0, 0.05) is 37.3 Å². The number of piperidine rings is 1. The van der Waals surface area contributed by atoms with Gasteiger partial charge in [0.15, 0.2) is 0 Å². The number of amides is 3. The van der Waals surface area contributed by atoms with Crippen LogP contribution >= 0.6 is 0 Å². The van der Waals surface area contributed by atoms with Gasteiger partial charge in [-0.2, -0.15) is 5.10 Å². The molecule has 0 aliphatic carbocycles. The summed E-state index contributed by atoms with van der Waals surface area (Å²) in [5.41, 5.74) is 3.40. The summed E-state index contributed by atoms with van der Waals surface area (Å²) in [4.78, 5) is 37.8. The normalized spacial score (nSPS) is 20.3. The van der Waals surface area contributed by atoms with Crippen molar-refractivity contribution in [1.82, 2.24) is 20.0 Å². The van der Waals surface area contributed by atoms with Gasteiger partial charge in [-0.05, 0) is 23.6 Å². The molecule has 2 aliphatic rings. The zero-order valence-corrected chi connectivity index (χ0v) is 13.2. The number of rotatable bonds is 2. The number of carbonyl (C=O) groups excluding carboxylic acids is 3. The fourth-order valence-electron chi connectivity index (χ4n) is 3.42. The van der Waals surface area contributed by atoms with Crippen molar-refractivity contribution >= 4 is 17.7 Å². The molecule has 1 saturated heterocycles. The summed E-state index contributed by atoms with van der Waals surface area (Å²) in [5, 5.41) is 6.50. The summed E-state index contributed by atoms with van der Waals surface area (Å²) >= 11 is 0.